The zero-order chi connectivity index (χ0) is 28.7. The fraction of sp³-hybridized carbons (Fsp3) is 0.429. The minimum Gasteiger partial charge on any atom is -0.419 e. The standard InChI is InChI=1S/C28H36N8O3S/c1-19-11-23(19)18-36(17-21-15-30-34(3)16-21)25-13-22(12-24(31-25)35(4)40(5,37)38)26-32-33-27(39-26)28(2,29)14-20-9-7-6-8-10-20/h6-10,12-13,15-16,19,23H,11,14,17-18,29H2,1-5H3/t19?,23?,28-/m1/s1. The van der Waals surface area contributed by atoms with E-state index in [0.717, 1.165) is 34.7 Å². The quantitative estimate of drug-likeness (QED) is 0.291. The van der Waals surface area contributed by atoms with Gasteiger partial charge in [0.15, 0.2) is 0 Å². The summed E-state index contributed by atoms with van der Waals surface area (Å²) < 4.78 is 34.0. The Balaban J connectivity index is 1.53. The summed E-state index contributed by atoms with van der Waals surface area (Å²) in [5.41, 5.74) is 8.37. The molecule has 1 fully saturated rings. The van der Waals surface area contributed by atoms with Gasteiger partial charge in [0.05, 0.1) is 18.0 Å². The van der Waals surface area contributed by atoms with Crippen molar-refractivity contribution < 1.29 is 12.8 Å². The summed E-state index contributed by atoms with van der Waals surface area (Å²) >= 11 is 0. The highest BCUT2D eigenvalue weighted by Gasteiger charge is 2.35. The number of anilines is 2. The maximum atomic E-state index is 12.5. The third-order valence-corrected chi connectivity index (χ3v) is 8.56. The predicted octanol–water partition coefficient (Wildman–Crippen LogP) is 3.34. The maximum Gasteiger partial charge on any atom is 0.248 e. The lowest BCUT2D eigenvalue weighted by molar-refractivity contribution is 0.355. The van der Waals surface area contributed by atoms with Gasteiger partial charge >= 0.3 is 0 Å². The second kappa shape index (κ2) is 10.7. The molecule has 1 aliphatic rings. The van der Waals surface area contributed by atoms with Gasteiger partial charge in [-0.05, 0) is 49.3 Å². The normalized spacial score (nSPS) is 18.4. The van der Waals surface area contributed by atoms with Gasteiger partial charge in [-0.25, -0.2) is 13.4 Å². The van der Waals surface area contributed by atoms with Gasteiger partial charge in [0.1, 0.15) is 11.6 Å². The Hall–Kier alpha value is -3.77. The van der Waals surface area contributed by atoms with Crippen LogP contribution in [0.2, 0.25) is 0 Å². The van der Waals surface area contributed by atoms with Crippen molar-refractivity contribution in [3.63, 3.8) is 0 Å². The molecule has 0 saturated heterocycles. The average molecular weight is 565 g/mol. The Morgan fingerprint density at radius 1 is 1.15 bits per heavy atom. The van der Waals surface area contributed by atoms with Crippen LogP contribution in [0.1, 0.15) is 37.3 Å². The van der Waals surface area contributed by atoms with Crippen LogP contribution in [0.25, 0.3) is 11.5 Å². The van der Waals surface area contributed by atoms with Crippen LogP contribution in [0.15, 0.2) is 59.3 Å². The third-order valence-electron chi connectivity index (χ3n) is 7.38. The van der Waals surface area contributed by atoms with E-state index in [1.807, 2.05) is 62.8 Å². The largest absolute Gasteiger partial charge is 0.419 e. The predicted molar refractivity (Wildman–Crippen MR) is 154 cm³/mol. The first-order chi connectivity index (χ1) is 18.9. The highest BCUT2D eigenvalue weighted by Crippen LogP contribution is 2.40. The smallest absolute Gasteiger partial charge is 0.248 e. The Morgan fingerprint density at radius 2 is 1.85 bits per heavy atom. The van der Waals surface area contributed by atoms with Crippen LogP contribution in [0.5, 0.6) is 0 Å². The van der Waals surface area contributed by atoms with E-state index >= 15 is 0 Å². The van der Waals surface area contributed by atoms with Crippen molar-refractivity contribution in [2.75, 3.05) is 29.1 Å². The minimum atomic E-state index is -3.57. The number of sulfonamides is 1. The van der Waals surface area contributed by atoms with Gasteiger partial charge in [0, 0.05) is 44.5 Å². The third kappa shape index (κ3) is 6.34. The summed E-state index contributed by atoms with van der Waals surface area (Å²) in [6, 6.07) is 13.4. The summed E-state index contributed by atoms with van der Waals surface area (Å²) in [7, 11) is -0.211. The van der Waals surface area contributed by atoms with Gasteiger partial charge in [0.2, 0.25) is 21.8 Å². The Morgan fingerprint density at radius 3 is 2.48 bits per heavy atom. The molecule has 2 unspecified atom stereocenters. The molecule has 0 bridgehead atoms. The van der Waals surface area contributed by atoms with Gasteiger partial charge in [-0.15, -0.1) is 10.2 Å². The fourth-order valence-corrected chi connectivity index (χ4v) is 5.17. The van der Waals surface area contributed by atoms with Gasteiger partial charge in [-0.2, -0.15) is 5.10 Å². The Labute approximate surface area is 235 Å². The number of rotatable bonds is 11. The molecular weight excluding hydrogens is 528 g/mol. The summed E-state index contributed by atoms with van der Waals surface area (Å²) in [5, 5.41) is 12.9. The highest BCUT2D eigenvalue weighted by atomic mass is 32.2. The number of benzene rings is 1. The van der Waals surface area contributed by atoms with Crippen LogP contribution in [0.3, 0.4) is 0 Å². The van der Waals surface area contributed by atoms with Gasteiger partial charge in [-0.3, -0.25) is 8.99 Å². The topological polar surface area (TPSA) is 136 Å². The van der Waals surface area contributed by atoms with Crippen molar-refractivity contribution in [3.8, 4) is 11.5 Å². The lowest BCUT2D eigenvalue weighted by atomic mass is 9.94. The minimum absolute atomic E-state index is 0.243. The first-order valence-corrected chi connectivity index (χ1v) is 15.1. The van der Waals surface area contributed by atoms with E-state index in [4.69, 9.17) is 15.1 Å². The van der Waals surface area contributed by atoms with E-state index < -0.39 is 15.6 Å². The molecule has 2 N–H and O–H groups in total. The molecular formula is C28H36N8O3S. The molecule has 0 radical (unpaired) electrons. The number of nitrogens with zero attached hydrogens (tertiary/aromatic N) is 7. The van der Waals surface area contributed by atoms with Crippen molar-refractivity contribution in [3.05, 3.63) is 71.9 Å². The second-order valence-corrected chi connectivity index (χ2v) is 13.2. The molecule has 11 nitrogen and oxygen atoms in total. The second-order valence-electron chi connectivity index (χ2n) is 11.2. The average Bonchev–Trinajstić information content (AvgIpc) is 3.25. The zero-order valence-electron chi connectivity index (χ0n) is 23.5. The van der Waals surface area contributed by atoms with E-state index in [1.165, 1.54) is 7.05 Å². The van der Waals surface area contributed by atoms with Gasteiger partial charge in [-0.1, -0.05) is 37.3 Å². The van der Waals surface area contributed by atoms with Gasteiger partial charge < -0.3 is 15.1 Å². The van der Waals surface area contributed by atoms with Crippen LogP contribution >= 0.6 is 0 Å². The molecule has 0 spiro atoms. The Kier molecular flexibility index (Phi) is 7.40. The van der Waals surface area contributed by atoms with Crippen molar-refractivity contribution in [1.29, 1.82) is 0 Å². The number of aryl methyl sites for hydroxylation is 1. The highest BCUT2D eigenvalue weighted by molar-refractivity contribution is 7.92. The number of pyridine rings is 1. The molecule has 12 heteroatoms. The zero-order valence-corrected chi connectivity index (χ0v) is 24.3. The van der Waals surface area contributed by atoms with Crippen molar-refractivity contribution in [2.24, 2.45) is 24.6 Å². The SMILES string of the molecule is CC1CC1CN(Cc1cnn(C)c1)c1cc(-c2nnc([C@](C)(N)Cc3ccccc3)o2)cc(N(C)S(C)(=O)=O)n1. The van der Waals surface area contributed by atoms with Crippen LogP contribution in [-0.4, -0.2) is 53.2 Å². The van der Waals surface area contributed by atoms with Crippen molar-refractivity contribution in [1.82, 2.24) is 25.0 Å². The van der Waals surface area contributed by atoms with E-state index in [2.05, 4.69) is 27.1 Å². The number of aromatic nitrogens is 5. The molecule has 1 saturated carbocycles. The monoisotopic (exact) mass is 564 g/mol. The Bertz CT molecular complexity index is 1580. The number of hydrogen-bond acceptors (Lipinski definition) is 9. The summed E-state index contributed by atoms with van der Waals surface area (Å²) in [6.45, 7) is 5.44. The van der Waals surface area contributed by atoms with E-state index in [9.17, 15) is 8.42 Å². The molecule has 0 amide bonds. The molecule has 3 atom stereocenters. The molecule has 3 heterocycles. The summed E-state index contributed by atoms with van der Waals surface area (Å²) in [6.07, 6.45) is 6.60. The van der Waals surface area contributed by atoms with Crippen LogP contribution in [0, 0.1) is 11.8 Å². The van der Waals surface area contributed by atoms with Crippen LogP contribution in [0.4, 0.5) is 11.6 Å². The lowest BCUT2D eigenvalue weighted by Crippen LogP contribution is -2.35. The molecule has 1 aromatic carbocycles. The summed E-state index contributed by atoms with van der Waals surface area (Å²) in [5.74, 6) is 2.57. The lowest BCUT2D eigenvalue weighted by Gasteiger charge is -2.26. The molecule has 5 rings (SSSR count). The molecule has 3 aromatic heterocycles. The molecule has 4 aromatic rings. The van der Waals surface area contributed by atoms with E-state index in [0.29, 0.717) is 42.1 Å². The van der Waals surface area contributed by atoms with Crippen LogP contribution < -0.4 is 14.9 Å². The maximum absolute atomic E-state index is 12.5. The fourth-order valence-electron chi connectivity index (χ4n) is 4.73. The van der Waals surface area contributed by atoms with Crippen molar-refractivity contribution >= 4 is 21.7 Å². The first-order valence-electron chi connectivity index (χ1n) is 13.2. The molecule has 40 heavy (non-hydrogen) atoms. The number of hydrogen-bond donors (Lipinski definition) is 1. The van der Waals surface area contributed by atoms with E-state index in [1.54, 1.807) is 10.7 Å². The first kappa shape index (κ1) is 27.8. The van der Waals surface area contributed by atoms with E-state index in [-0.39, 0.29) is 11.7 Å². The van der Waals surface area contributed by atoms with Gasteiger partial charge in [0.25, 0.3) is 0 Å². The van der Waals surface area contributed by atoms with Crippen LogP contribution in [-0.2, 0) is 35.6 Å². The summed E-state index contributed by atoms with van der Waals surface area (Å²) in [4.78, 5) is 6.94. The number of nitrogens with two attached hydrogens (primary N) is 1. The molecule has 0 aliphatic heterocycles. The molecule has 212 valence electrons. The molecule has 1 aliphatic carbocycles. The van der Waals surface area contributed by atoms with Crippen molar-refractivity contribution in [2.45, 2.75) is 38.8 Å².